The molecule has 2 aliphatic heterocycles. The van der Waals surface area contributed by atoms with Crippen LogP contribution in [0.4, 0.5) is 0 Å². The first-order valence-corrected chi connectivity index (χ1v) is 12.8. The number of phenols is 1. The van der Waals surface area contributed by atoms with Gasteiger partial charge in [-0.25, -0.2) is 0 Å². The molecule has 7 rings (SSSR count). The predicted molar refractivity (Wildman–Crippen MR) is 132 cm³/mol. The van der Waals surface area contributed by atoms with Crippen LogP contribution in [0.1, 0.15) is 55.2 Å². The predicted octanol–water partition coefficient (Wildman–Crippen LogP) is 4.57. The number of hydroxylamine groups is 3. The lowest BCUT2D eigenvalue weighted by molar-refractivity contribution is -0.923. The number of hydrogen-bond acceptors (Lipinski definition) is 5. The average Bonchev–Trinajstić information content (AvgIpc) is 3.61. The Hall–Kier alpha value is -2.12. The maximum Gasteiger partial charge on any atom is 0.174 e. The summed E-state index contributed by atoms with van der Waals surface area (Å²) in [6.45, 7) is 1.48. The van der Waals surface area contributed by atoms with Gasteiger partial charge in [-0.1, -0.05) is 36.4 Å². The molecule has 0 aromatic heterocycles. The summed E-state index contributed by atoms with van der Waals surface area (Å²) in [7, 11) is 0. The number of aromatic hydroxyl groups is 1. The fourth-order valence-corrected chi connectivity index (χ4v) is 7.71. The molecule has 1 spiro atoms. The Labute approximate surface area is 211 Å². The van der Waals surface area contributed by atoms with Crippen molar-refractivity contribution in [2.45, 2.75) is 74.7 Å². The highest BCUT2D eigenvalue weighted by Gasteiger charge is 2.77. The summed E-state index contributed by atoms with van der Waals surface area (Å²) in [5.74, 6) is 1.27. The van der Waals surface area contributed by atoms with Crippen molar-refractivity contribution in [1.82, 2.24) is 0 Å². The molecule has 1 saturated heterocycles. The third-order valence-corrected chi connectivity index (χ3v) is 9.50. The minimum Gasteiger partial charge on any atom is -0.633 e. The van der Waals surface area contributed by atoms with Gasteiger partial charge in [-0.2, -0.15) is 0 Å². The van der Waals surface area contributed by atoms with Crippen LogP contribution in [0.15, 0.2) is 42.5 Å². The number of quaternary nitrogens is 1. The van der Waals surface area contributed by atoms with E-state index >= 15 is 0 Å². The van der Waals surface area contributed by atoms with Gasteiger partial charge in [0.05, 0.1) is 25.1 Å². The van der Waals surface area contributed by atoms with Crippen molar-refractivity contribution in [2.24, 2.45) is 5.92 Å². The van der Waals surface area contributed by atoms with Crippen molar-refractivity contribution in [2.75, 3.05) is 13.1 Å². The lowest BCUT2D eigenvalue weighted by Gasteiger charge is -2.68. The lowest BCUT2D eigenvalue weighted by atomic mass is 9.48. The maximum atomic E-state index is 14.6. The molecule has 35 heavy (non-hydrogen) atoms. The first-order chi connectivity index (χ1) is 16.5. The van der Waals surface area contributed by atoms with Crippen LogP contribution in [-0.4, -0.2) is 46.4 Å². The second-order valence-corrected chi connectivity index (χ2v) is 11.1. The summed E-state index contributed by atoms with van der Waals surface area (Å²) in [6, 6.07) is 13.4. The van der Waals surface area contributed by atoms with Gasteiger partial charge in [0.25, 0.3) is 0 Å². The fourth-order valence-electron chi connectivity index (χ4n) is 7.71. The van der Waals surface area contributed by atoms with Crippen molar-refractivity contribution in [1.29, 1.82) is 0 Å². The molecule has 3 fully saturated rings. The number of carbonyl (C=O) groups excluding carboxylic acids is 1. The van der Waals surface area contributed by atoms with Crippen LogP contribution in [0.3, 0.4) is 0 Å². The van der Waals surface area contributed by atoms with Crippen LogP contribution < -0.4 is 4.74 Å². The van der Waals surface area contributed by atoms with Gasteiger partial charge in [-0.05, 0) is 48.8 Å². The zero-order chi connectivity index (χ0) is 23.1. The van der Waals surface area contributed by atoms with E-state index in [4.69, 9.17) is 9.47 Å². The Balaban J connectivity index is 0.00000229. The summed E-state index contributed by atoms with van der Waals surface area (Å²) in [5, 5.41) is 25.3. The van der Waals surface area contributed by atoms with Crippen molar-refractivity contribution in [3.8, 4) is 11.5 Å². The number of ketones is 1. The summed E-state index contributed by atoms with van der Waals surface area (Å²) < 4.78 is 13.0. The fraction of sp³-hybridized carbons (Fsp3) is 0.536. The summed E-state index contributed by atoms with van der Waals surface area (Å²) in [6.07, 6.45) is 4.76. The molecule has 6 nitrogen and oxygen atoms in total. The van der Waals surface area contributed by atoms with Gasteiger partial charge in [-0.3, -0.25) is 4.79 Å². The van der Waals surface area contributed by atoms with Gasteiger partial charge >= 0.3 is 0 Å². The Morgan fingerprint density at radius 2 is 1.94 bits per heavy atom. The molecule has 186 valence electrons. The zero-order valence-electron chi connectivity index (χ0n) is 19.8. The third-order valence-electron chi connectivity index (χ3n) is 9.50. The number of phenolic OH excluding ortho intramolecular Hbond substituents is 1. The SMILES string of the molecule is Cl.O=C1CC[C@@]2(OCc3ccccc3)[C@H]3Cc4ccc(O)c5c4[C@@]2(CC[N+]3([O-])CCC2CC2)[C@H]1O5. The van der Waals surface area contributed by atoms with Crippen LogP contribution in [0, 0.1) is 11.1 Å². The second kappa shape index (κ2) is 7.94. The van der Waals surface area contributed by atoms with E-state index in [-0.39, 0.29) is 34.6 Å². The monoisotopic (exact) mass is 497 g/mol. The first kappa shape index (κ1) is 23.3. The van der Waals surface area contributed by atoms with Gasteiger partial charge in [0.2, 0.25) is 0 Å². The normalized spacial score (nSPS) is 36.2. The number of piperidine rings is 1. The van der Waals surface area contributed by atoms with Gasteiger partial charge in [0.1, 0.15) is 11.6 Å². The van der Waals surface area contributed by atoms with E-state index in [0.29, 0.717) is 57.0 Å². The molecule has 0 amide bonds. The molecule has 5 aliphatic rings. The number of carbonyl (C=O) groups is 1. The van der Waals surface area contributed by atoms with E-state index in [1.54, 1.807) is 6.07 Å². The third kappa shape index (κ3) is 3.10. The van der Waals surface area contributed by atoms with E-state index in [2.05, 4.69) is 0 Å². The topological polar surface area (TPSA) is 78.8 Å². The minimum absolute atomic E-state index is 0. The molecule has 0 radical (unpaired) electrons. The number of rotatable bonds is 6. The molecule has 2 bridgehead atoms. The number of hydrogen-bond donors (Lipinski definition) is 1. The van der Waals surface area contributed by atoms with Crippen LogP contribution in [0.2, 0.25) is 0 Å². The van der Waals surface area contributed by atoms with Crippen LogP contribution >= 0.6 is 12.4 Å². The van der Waals surface area contributed by atoms with Gasteiger partial charge in [-0.15, -0.1) is 12.4 Å². The molecule has 2 heterocycles. The largest absolute Gasteiger partial charge is 0.633 e. The van der Waals surface area contributed by atoms with Crippen molar-refractivity contribution < 1.29 is 24.0 Å². The van der Waals surface area contributed by atoms with E-state index in [0.717, 1.165) is 23.1 Å². The zero-order valence-corrected chi connectivity index (χ0v) is 20.6. The number of nitrogens with zero attached hydrogens (tertiary/aromatic N) is 1. The first-order valence-electron chi connectivity index (χ1n) is 12.8. The quantitative estimate of drug-likeness (QED) is 0.467. The number of halogens is 1. The highest BCUT2D eigenvalue weighted by Crippen LogP contribution is 2.67. The smallest absolute Gasteiger partial charge is 0.174 e. The average molecular weight is 498 g/mol. The molecule has 2 saturated carbocycles. The number of ether oxygens (including phenoxy) is 2. The highest BCUT2D eigenvalue weighted by molar-refractivity contribution is 5.90. The molecule has 2 aromatic carbocycles. The van der Waals surface area contributed by atoms with E-state index in [9.17, 15) is 15.1 Å². The minimum atomic E-state index is -0.795. The molecule has 2 aromatic rings. The molecule has 5 atom stereocenters. The van der Waals surface area contributed by atoms with E-state index in [1.165, 1.54) is 12.8 Å². The number of likely N-dealkylation sites (tertiary alicyclic amines) is 1. The Bertz CT molecular complexity index is 1170. The highest BCUT2D eigenvalue weighted by atomic mass is 35.5. The van der Waals surface area contributed by atoms with Crippen LogP contribution in [-0.2, 0) is 28.0 Å². The Morgan fingerprint density at radius 3 is 2.71 bits per heavy atom. The summed E-state index contributed by atoms with van der Waals surface area (Å²) in [4.78, 5) is 13.3. The summed E-state index contributed by atoms with van der Waals surface area (Å²) in [5.41, 5.74) is 1.52. The van der Waals surface area contributed by atoms with E-state index in [1.807, 2.05) is 36.4 Å². The van der Waals surface area contributed by atoms with Gasteiger partial charge in [0.15, 0.2) is 23.4 Å². The Kier molecular flexibility index (Phi) is 5.28. The lowest BCUT2D eigenvalue weighted by Crippen LogP contribution is -2.81. The molecule has 1 unspecified atom stereocenters. The van der Waals surface area contributed by atoms with Crippen LogP contribution in [0.25, 0.3) is 0 Å². The van der Waals surface area contributed by atoms with Crippen molar-refractivity contribution in [3.63, 3.8) is 0 Å². The van der Waals surface area contributed by atoms with Gasteiger partial charge < -0.3 is 24.4 Å². The number of Topliss-reactive ketones (excluding diaryl/α,β-unsaturated/α-hetero) is 1. The molecular formula is C28H32ClNO5. The Morgan fingerprint density at radius 1 is 1.14 bits per heavy atom. The molecular weight excluding hydrogens is 466 g/mol. The second-order valence-electron chi connectivity index (χ2n) is 11.1. The standard InChI is InChI=1S/C28H31NO5.ClH/c30-21-9-8-20-16-23-28(33-17-19-4-2-1-3-5-19)12-10-22(31)26-27(28,24(20)25(21)34-26)13-15-29(23,32)14-11-18-6-7-18;/h1-5,8-9,18,23,26,30H,6-7,10-17H2;1H/t23-,26+,27+,28-,29?;/m1./s1. The van der Waals surface area contributed by atoms with Gasteiger partial charge in [0, 0.05) is 24.8 Å². The maximum absolute atomic E-state index is 14.6. The summed E-state index contributed by atoms with van der Waals surface area (Å²) >= 11 is 0. The van der Waals surface area contributed by atoms with E-state index < -0.39 is 17.1 Å². The molecule has 3 aliphatic carbocycles. The molecule has 1 N–H and O–H groups in total. The van der Waals surface area contributed by atoms with Crippen LogP contribution in [0.5, 0.6) is 11.5 Å². The van der Waals surface area contributed by atoms with Crippen molar-refractivity contribution in [3.05, 3.63) is 64.4 Å². The molecule has 7 heteroatoms. The number of benzene rings is 2. The van der Waals surface area contributed by atoms with Crippen molar-refractivity contribution >= 4 is 18.2 Å².